The molecule has 0 bridgehead atoms. The molecule has 0 aliphatic rings. The molecule has 0 saturated heterocycles. The first-order valence-corrected chi connectivity index (χ1v) is 4.21. The maximum absolute atomic E-state index is 8.24. The minimum absolute atomic E-state index is 1.36. The van der Waals surface area contributed by atoms with E-state index in [1.807, 2.05) is 0 Å². The molecule has 0 spiro atoms. The molecule has 0 fully saturated rings. The van der Waals surface area contributed by atoms with Crippen LogP contribution in [0.4, 0.5) is 0 Å². The van der Waals surface area contributed by atoms with E-state index in [4.69, 9.17) is 9.79 Å². The second-order valence-electron chi connectivity index (χ2n) is 0.923. The molecular weight excluding hydrogens is 166 g/mol. The highest BCUT2D eigenvalue weighted by Gasteiger charge is 2.12. The van der Waals surface area contributed by atoms with E-state index in [1.165, 1.54) is 14.2 Å². The summed E-state index contributed by atoms with van der Waals surface area (Å²) in [5, 5.41) is 0. The van der Waals surface area contributed by atoms with E-state index in [2.05, 4.69) is 13.4 Å². The monoisotopic (exact) mass is 174 g/mol. The smallest absolute Gasteiger partial charge is 0.328 e. The highest BCUT2D eigenvalue weighted by molar-refractivity contribution is 7.54. The third-order valence-electron chi connectivity index (χ3n) is 0.438. The Balaban J connectivity index is 3.31. The van der Waals surface area contributed by atoms with Crippen molar-refractivity contribution in [3.63, 3.8) is 0 Å². The Morgan fingerprint density at radius 1 is 1.11 bits per heavy atom. The zero-order valence-electron chi connectivity index (χ0n) is 5.01. The van der Waals surface area contributed by atoms with Gasteiger partial charge >= 0.3 is 17.2 Å². The molecule has 56 valence electrons. The molecule has 2 N–H and O–H groups in total. The van der Waals surface area contributed by atoms with E-state index >= 15 is 0 Å². The van der Waals surface area contributed by atoms with E-state index in [-0.39, 0.29) is 0 Å². The van der Waals surface area contributed by atoms with Gasteiger partial charge in [0.25, 0.3) is 0 Å². The molecule has 0 radical (unpaired) electrons. The van der Waals surface area contributed by atoms with Crippen LogP contribution in [0.25, 0.3) is 0 Å². The molecule has 0 rings (SSSR count). The van der Waals surface area contributed by atoms with Gasteiger partial charge in [0.05, 0.1) is 0 Å². The van der Waals surface area contributed by atoms with Crippen LogP contribution in [-0.4, -0.2) is 24.0 Å². The van der Waals surface area contributed by atoms with Gasteiger partial charge in [-0.05, 0) is 0 Å². The number of hydrogen-bond acceptors (Lipinski definition) is 5. The van der Waals surface area contributed by atoms with Gasteiger partial charge in [0.15, 0.2) is 0 Å². The van der Waals surface area contributed by atoms with Crippen molar-refractivity contribution in [1.82, 2.24) is 0 Å². The predicted octanol–water partition coefficient (Wildman–Crippen LogP) is 0.734. The zero-order valence-corrected chi connectivity index (χ0v) is 6.80. The Bertz CT molecular complexity index is 64.0. The van der Waals surface area contributed by atoms with Crippen LogP contribution in [0.1, 0.15) is 0 Å². The highest BCUT2D eigenvalue weighted by atomic mass is 31.2. The summed E-state index contributed by atoms with van der Waals surface area (Å²) >= 11 is 0. The van der Waals surface area contributed by atoms with Crippen molar-refractivity contribution in [1.29, 1.82) is 0 Å². The maximum atomic E-state index is 8.24. The summed E-state index contributed by atoms with van der Waals surface area (Å²) in [6.07, 6.45) is 0. The third-order valence-corrected chi connectivity index (χ3v) is 2.15. The molecule has 0 heterocycles. The first-order chi connectivity index (χ1) is 4.20. The maximum Gasteiger partial charge on any atom is 0.339 e. The van der Waals surface area contributed by atoms with E-state index in [9.17, 15) is 0 Å². The summed E-state index contributed by atoms with van der Waals surface area (Å²) in [7, 11) is -1.23. The second kappa shape index (κ2) is 5.45. The van der Waals surface area contributed by atoms with Gasteiger partial charge < -0.3 is 18.8 Å². The Morgan fingerprint density at radius 3 is 1.67 bits per heavy atom. The fourth-order valence-electron chi connectivity index (χ4n) is 0.201. The van der Waals surface area contributed by atoms with Crippen LogP contribution in [0.15, 0.2) is 0 Å². The Hall–Kier alpha value is 0.660. The lowest BCUT2D eigenvalue weighted by Gasteiger charge is -2.10. The van der Waals surface area contributed by atoms with Crippen molar-refractivity contribution in [2.24, 2.45) is 0 Å². The fourth-order valence-corrected chi connectivity index (χ4v) is 1.36. The molecule has 0 atom stereocenters. The third kappa shape index (κ3) is 5.12. The van der Waals surface area contributed by atoms with Gasteiger partial charge in [-0.15, -0.1) is 0 Å². The lowest BCUT2D eigenvalue weighted by Crippen LogP contribution is -1.83. The Kier molecular flexibility index (Phi) is 5.84. The van der Waals surface area contributed by atoms with Crippen LogP contribution in [0.3, 0.4) is 0 Å². The van der Waals surface area contributed by atoms with Gasteiger partial charge in [-0.1, -0.05) is 0 Å². The van der Waals surface area contributed by atoms with E-state index in [1.54, 1.807) is 0 Å². The van der Waals surface area contributed by atoms with E-state index < -0.39 is 17.2 Å². The summed E-state index contributed by atoms with van der Waals surface area (Å²) in [5.74, 6) is 0. The van der Waals surface area contributed by atoms with Gasteiger partial charge in [-0.2, -0.15) is 0 Å². The molecule has 0 amide bonds. The fraction of sp³-hybridized carbons (Fsp3) is 1.00. The lowest BCUT2D eigenvalue weighted by molar-refractivity contribution is 0.260. The summed E-state index contributed by atoms with van der Waals surface area (Å²) in [5.41, 5.74) is 0. The molecule has 0 aromatic heterocycles. The zero-order chi connectivity index (χ0) is 7.28. The average molecular weight is 174 g/mol. The predicted molar refractivity (Wildman–Crippen MR) is 33.4 cm³/mol. The van der Waals surface area contributed by atoms with Gasteiger partial charge in [0.1, 0.15) is 0 Å². The van der Waals surface area contributed by atoms with Gasteiger partial charge in [-0.3, -0.25) is 0 Å². The van der Waals surface area contributed by atoms with Crippen molar-refractivity contribution in [2.45, 2.75) is 0 Å². The number of hydrogen-bond donors (Lipinski definition) is 2. The second-order valence-corrected chi connectivity index (χ2v) is 3.26. The van der Waals surface area contributed by atoms with Crippen molar-refractivity contribution in [3.8, 4) is 0 Å². The van der Waals surface area contributed by atoms with Crippen molar-refractivity contribution < 1.29 is 23.1 Å². The minimum atomic E-state index is -2.37. The normalized spacial score (nSPS) is 11.3. The van der Waals surface area contributed by atoms with E-state index in [0.29, 0.717) is 0 Å². The van der Waals surface area contributed by atoms with Crippen LogP contribution < -0.4 is 0 Å². The lowest BCUT2D eigenvalue weighted by atomic mass is 11.8. The minimum Gasteiger partial charge on any atom is -0.328 e. The summed E-state index contributed by atoms with van der Waals surface area (Å²) in [6.45, 7) is 0. The molecule has 0 aromatic rings. The Morgan fingerprint density at radius 2 is 1.56 bits per heavy atom. The summed E-state index contributed by atoms with van der Waals surface area (Å²) in [4.78, 5) is 16.5. The average Bonchev–Trinajstić information content (AvgIpc) is 1.82. The van der Waals surface area contributed by atoms with Crippen molar-refractivity contribution >= 4 is 17.2 Å². The van der Waals surface area contributed by atoms with Crippen LogP contribution in [-0.2, 0) is 13.4 Å². The highest BCUT2D eigenvalue weighted by Crippen LogP contribution is 2.48. The molecule has 0 aliphatic carbocycles. The largest absolute Gasteiger partial charge is 0.339 e. The van der Waals surface area contributed by atoms with Gasteiger partial charge in [0.2, 0.25) is 0 Å². The van der Waals surface area contributed by atoms with Crippen LogP contribution in [0, 0.1) is 0 Å². The molecule has 0 aliphatic heterocycles. The molecule has 0 saturated carbocycles. The first-order valence-electron chi connectivity index (χ1n) is 1.95. The Labute approximate surface area is 55.6 Å². The molecular formula is C2H8O5P2. The summed E-state index contributed by atoms with van der Waals surface area (Å²) in [6, 6.07) is 0. The first kappa shape index (κ1) is 9.66. The van der Waals surface area contributed by atoms with Crippen molar-refractivity contribution in [2.75, 3.05) is 14.2 Å². The van der Waals surface area contributed by atoms with Crippen molar-refractivity contribution in [3.05, 3.63) is 0 Å². The molecule has 9 heavy (non-hydrogen) atoms. The number of rotatable bonds is 4. The standard InChI is InChI=1S/C2H8O5P2/c1-5-9(6-2)7-8(3)4/h3-4H,1-2H3. The topological polar surface area (TPSA) is 68.2 Å². The summed E-state index contributed by atoms with van der Waals surface area (Å²) < 4.78 is 13.4. The SMILES string of the molecule is COP(OC)OP(O)O. The molecule has 5 nitrogen and oxygen atoms in total. The van der Waals surface area contributed by atoms with Crippen LogP contribution in [0.5, 0.6) is 0 Å². The van der Waals surface area contributed by atoms with Crippen LogP contribution >= 0.6 is 17.2 Å². The van der Waals surface area contributed by atoms with Gasteiger partial charge in [-0.25, -0.2) is 4.31 Å². The quantitative estimate of drug-likeness (QED) is 0.615. The van der Waals surface area contributed by atoms with Crippen LogP contribution in [0.2, 0.25) is 0 Å². The molecule has 7 heteroatoms. The molecule has 0 unspecified atom stereocenters. The molecule has 0 aromatic carbocycles. The van der Waals surface area contributed by atoms with Gasteiger partial charge in [0, 0.05) is 14.2 Å². The van der Waals surface area contributed by atoms with E-state index in [0.717, 1.165) is 0 Å².